The molecule has 7 nitrogen and oxygen atoms in total. The van der Waals surface area contributed by atoms with Crippen LogP contribution in [0.5, 0.6) is 0 Å². The summed E-state index contributed by atoms with van der Waals surface area (Å²) in [5.41, 5.74) is 0. The molecule has 0 bridgehead atoms. The number of hydrogen-bond donors (Lipinski definition) is 1. The Bertz CT molecular complexity index is 405. The summed E-state index contributed by atoms with van der Waals surface area (Å²) in [4.78, 5) is 41.0. The number of carbonyl (C=O) groups is 3. The Kier molecular flexibility index (Phi) is 5.55. The molecule has 2 rings (SSSR count). The minimum Gasteiger partial charge on any atom is -0.341 e. The summed E-state index contributed by atoms with van der Waals surface area (Å²) in [6.07, 6.45) is 1.59. The van der Waals surface area contributed by atoms with Crippen LogP contribution in [0.1, 0.15) is 19.8 Å². The average Bonchev–Trinajstić information content (AvgIpc) is 2.88. The monoisotopic (exact) mass is 296 g/mol. The molecule has 2 heterocycles. The highest BCUT2D eigenvalue weighted by atomic mass is 16.2. The zero-order valence-electron chi connectivity index (χ0n) is 12.6. The summed E-state index contributed by atoms with van der Waals surface area (Å²) in [6, 6.07) is 0. The molecule has 0 aromatic heterocycles. The van der Waals surface area contributed by atoms with Crippen LogP contribution >= 0.6 is 0 Å². The molecule has 21 heavy (non-hydrogen) atoms. The Morgan fingerprint density at radius 2 is 1.29 bits per heavy atom. The third-order valence-electron chi connectivity index (χ3n) is 4.04. The quantitative estimate of drug-likeness (QED) is 0.575. The zero-order chi connectivity index (χ0) is 15.2. The molecule has 0 saturated carbocycles. The minimum absolute atomic E-state index is 0.0224. The second kappa shape index (κ2) is 7.40. The Morgan fingerprint density at radius 1 is 0.714 bits per heavy atom. The topological polar surface area (TPSA) is 73.0 Å². The predicted molar refractivity (Wildman–Crippen MR) is 77.5 cm³/mol. The first-order chi connectivity index (χ1) is 10.1. The van der Waals surface area contributed by atoms with Gasteiger partial charge in [-0.15, -0.1) is 0 Å². The molecule has 0 radical (unpaired) electrons. The summed E-state index contributed by atoms with van der Waals surface area (Å²) in [6.45, 7) is 6.51. The van der Waals surface area contributed by atoms with E-state index in [-0.39, 0.29) is 5.91 Å². The molecule has 0 unspecified atom stereocenters. The van der Waals surface area contributed by atoms with Crippen molar-refractivity contribution in [2.45, 2.75) is 19.8 Å². The van der Waals surface area contributed by atoms with E-state index in [0.29, 0.717) is 39.3 Å². The van der Waals surface area contributed by atoms with Gasteiger partial charge in [0.15, 0.2) is 0 Å². The predicted octanol–water partition coefficient (Wildman–Crippen LogP) is -1.11. The number of hydrogen-bond acceptors (Lipinski definition) is 4. The van der Waals surface area contributed by atoms with Gasteiger partial charge >= 0.3 is 11.8 Å². The molecule has 2 aliphatic rings. The van der Waals surface area contributed by atoms with Gasteiger partial charge in [0, 0.05) is 52.7 Å². The molecule has 0 aromatic rings. The van der Waals surface area contributed by atoms with Gasteiger partial charge in [-0.25, -0.2) is 0 Å². The molecule has 0 aliphatic carbocycles. The number of nitrogens with zero attached hydrogens (tertiary/aromatic N) is 3. The van der Waals surface area contributed by atoms with Crippen LogP contribution in [0.2, 0.25) is 0 Å². The highest BCUT2D eigenvalue weighted by molar-refractivity contribution is 6.34. The standard InChI is InChI=1S/C14H24N4O3/c1-12(19)16-7-3-8-18(11-10-16)14(21)13(20)17-6-2-4-15-5-9-17/h15H,2-11H2,1H3. The first-order valence-electron chi connectivity index (χ1n) is 7.64. The van der Waals surface area contributed by atoms with Gasteiger partial charge in [0.1, 0.15) is 0 Å². The SMILES string of the molecule is CC(=O)N1CCCN(C(=O)C(=O)N2CCCNCC2)CC1. The Hall–Kier alpha value is -1.63. The van der Waals surface area contributed by atoms with E-state index in [1.807, 2.05) is 0 Å². The molecule has 0 atom stereocenters. The van der Waals surface area contributed by atoms with E-state index >= 15 is 0 Å². The van der Waals surface area contributed by atoms with Gasteiger partial charge in [0.05, 0.1) is 0 Å². The van der Waals surface area contributed by atoms with Crippen molar-refractivity contribution in [2.75, 3.05) is 52.4 Å². The number of carbonyl (C=O) groups excluding carboxylic acids is 3. The Morgan fingerprint density at radius 3 is 2.00 bits per heavy atom. The largest absolute Gasteiger partial charge is 0.341 e. The van der Waals surface area contributed by atoms with Gasteiger partial charge < -0.3 is 20.0 Å². The lowest BCUT2D eigenvalue weighted by Gasteiger charge is -2.25. The molecule has 1 N–H and O–H groups in total. The smallest absolute Gasteiger partial charge is 0.312 e. The number of nitrogens with one attached hydrogen (secondary N) is 1. The average molecular weight is 296 g/mol. The van der Waals surface area contributed by atoms with Gasteiger partial charge in [0.25, 0.3) is 0 Å². The van der Waals surface area contributed by atoms with Crippen molar-refractivity contribution in [1.82, 2.24) is 20.0 Å². The van der Waals surface area contributed by atoms with Gasteiger partial charge in [-0.05, 0) is 19.4 Å². The van der Waals surface area contributed by atoms with Crippen molar-refractivity contribution >= 4 is 17.7 Å². The molecule has 118 valence electrons. The summed E-state index contributed by atoms with van der Waals surface area (Å²) >= 11 is 0. The highest BCUT2D eigenvalue weighted by Crippen LogP contribution is 2.06. The van der Waals surface area contributed by atoms with E-state index in [4.69, 9.17) is 0 Å². The highest BCUT2D eigenvalue weighted by Gasteiger charge is 2.29. The molecule has 3 amide bonds. The maximum absolute atomic E-state index is 12.3. The molecule has 2 fully saturated rings. The van der Waals surface area contributed by atoms with E-state index in [0.717, 1.165) is 25.9 Å². The molecule has 2 saturated heterocycles. The zero-order valence-corrected chi connectivity index (χ0v) is 12.6. The molecular formula is C14H24N4O3. The second-order valence-electron chi connectivity index (χ2n) is 5.55. The van der Waals surface area contributed by atoms with Gasteiger partial charge in [-0.1, -0.05) is 0 Å². The summed E-state index contributed by atoms with van der Waals surface area (Å²) < 4.78 is 0. The molecule has 2 aliphatic heterocycles. The maximum Gasteiger partial charge on any atom is 0.312 e. The van der Waals surface area contributed by atoms with Crippen LogP contribution in [0.4, 0.5) is 0 Å². The maximum atomic E-state index is 12.3. The number of amides is 3. The van der Waals surface area contributed by atoms with Gasteiger partial charge in [0.2, 0.25) is 5.91 Å². The minimum atomic E-state index is -0.428. The summed E-state index contributed by atoms with van der Waals surface area (Å²) in [5, 5.41) is 3.22. The lowest BCUT2D eigenvalue weighted by Crippen LogP contribution is -2.47. The van der Waals surface area contributed by atoms with E-state index in [9.17, 15) is 14.4 Å². The molecule has 0 spiro atoms. The van der Waals surface area contributed by atoms with Gasteiger partial charge in [-0.2, -0.15) is 0 Å². The summed E-state index contributed by atoms with van der Waals surface area (Å²) in [7, 11) is 0. The number of rotatable bonds is 0. The van der Waals surface area contributed by atoms with Crippen LogP contribution < -0.4 is 5.32 Å². The van der Waals surface area contributed by atoms with Crippen LogP contribution in [0, 0.1) is 0 Å². The normalized spacial score (nSPS) is 20.7. The van der Waals surface area contributed by atoms with Crippen LogP contribution in [-0.2, 0) is 14.4 Å². The lowest BCUT2D eigenvalue weighted by molar-refractivity contribution is -0.151. The first kappa shape index (κ1) is 15.8. The fourth-order valence-corrected chi connectivity index (χ4v) is 2.75. The van der Waals surface area contributed by atoms with E-state index < -0.39 is 11.8 Å². The van der Waals surface area contributed by atoms with E-state index in [2.05, 4.69) is 5.32 Å². The third kappa shape index (κ3) is 4.17. The van der Waals surface area contributed by atoms with Crippen LogP contribution in [-0.4, -0.2) is 84.8 Å². The van der Waals surface area contributed by atoms with E-state index in [1.54, 1.807) is 14.7 Å². The fourth-order valence-electron chi connectivity index (χ4n) is 2.75. The van der Waals surface area contributed by atoms with Crippen molar-refractivity contribution in [3.05, 3.63) is 0 Å². The Labute approximate surface area is 125 Å². The van der Waals surface area contributed by atoms with Crippen molar-refractivity contribution < 1.29 is 14.4 Å². The molecule has 0 aromatic carbocycles. The second-order valence-corrected chi connectivity index (χ2v) is 5.55. The molecular weight excluding hydrogens is 272 g/mol. The fraction of sp³-hybridized carbons (Fsp3) is 0.786. The van der Waals surface area contributed by atoms with Crippen molar-refractivity contribution in [1.29, 1.82) is 0 Å². The summed E-state index contributed by atoms with van der Waals surface area (Å²) in [5.74, 6) is -0.813. The first-order valence-corrected chi connectivity index (χ1v) is 7.64. The lowest BCUT2D eigenvalue weighted by atomic mass is 10.3. The van der Waals surface area contributed by atoms with E-state index in [1.165, 1.54) is 6.92 Å². The van der Waals surface area contributed by atoms with Crippen LogP contribution in [0.15, 0.2) is 0 Å². The third-order valence-corrected chi connectivity index (χ3v) is 4.04. The van der Waals surface area contributed by atoms with Crippen LogP contribution in [0.3, 0.4) is 0 Å². The van der Waals surface area contributed by atoms with Crippen LogP contribution in [0.25, 0.3) is 0 Å². The van der Waals surface area contributed by atoms with Gasteiger partial charge in [-0.3, -0.25) is 14.4 Å². The Balaban J connectivity index is 1.92. The van der Waals surface area contributed by atoms with Crippen molar-refractivity contribution in [3.63, 3.8) is 0 Å². The molecule has 7 heteroatoms. The van der Waals surface area contributed by atoms with Crippen molar-refractivity contribution in [3.8, 4) is 0 Å². The van der Waals surface area contributed by atoms with Crippen molar-refractivity contribution in [2.24, 2.45) is 0 Å².